The Labute approximate surface area is 244 Å². The summed E-state index contributed by atoms with van der Waals surface area (Å²) in [6.45, 7) is 22.1. The molecule has 1 spiro atoms. The molecule has 3 rings (SSSR count). The lowest BCUT2D eigenvalue weighted by Crippen LogP contribution is -2.63. The second kappa shape index (κ2) is 12.5. The maximum Gasteiger partial charge on any atom is 0.485 e. The Morgan fingerprint density at radius 2 is 1.66 bits per heavy atom. The van der Waals surface area contributed by atoms with Gasteiger partial charge in [0.1, 0.15) is 13.1 Å². The monoisotopic (exact) mass is 629 g/mol. The minimum atomic E-state index is -6.09. The number of hydrogen-bond donors (Lipinski definition) is 1. The van der Waals surface area contributed by atoms with Crippen LogP contribution in [-0.2, 0) is 24.1 Å². The zero-order chi connectivity index (χ0) is 31.8. The van der Waals surface area contributed by atoms with Crippen LogP contribution in [-0.4, -0.2) is 80.1 Å². The highest BCUT2D eigenvalue weighted by molar-refractivity contribution is 7.86. The molecule has 2 aliphatic heterocycles. The summed E-state index contributed by atoms with van der Waals surface area (Å²) in [5, 5.41) is 11.8. The summed E-state index contributed by atoms with van der Waals surface area (Å²) < 4.78 is 74.4. The van der Waals surface area contributed by atoms with Gasteiger partial charge in [-0.05, 0) is 64.1 Å². The first kappa shape index (κ1) is 36.2. The Morgan fingerprint density at radius 3 is 2.15 bits per heavy atom. The van der Waals surface area contributed by atoms with Crippen molar-refractivity contribution < 1.29 is 49.8 Å². The molecule has 2 heterocycles. The Bertz CT molecular complexity index is 1080. The van der Waals surface area contributed by atoms with Crippen molar-refractivity contribution in [3.8, 4) is 0 Å². The van der Waals surface area contributed by atoms with E-state index >= 15 is 0 Å². The highest BCUT2D eigenvalue weighted by Crippen LogP contribution is 2.54. The van der Waals surface area contributed by atoms with Crippen LogP contribution in [0.3, 0.4) is 0 Å². The molecule has 1 N–H and O–H groups in total. The molecular formula is C28H50F3NO7SSi. The molecule has 0 aromatic carbocycles. The van der Waals surface area contributed by atoms with E-state index in [9.17, 15) is 23.1 Å². The van der Waals surface area contributed by atoms with E-state index in [-0.39, 0.29) is 40.5 Å². The number of carbonyl (C=O) groups excluding carboxylic acids is 1. The van der Waals surface area contributed by atoms with Crippen LogP contribution in [0.4, 0.5) is 13.2 Å². The van der Waals surface area contributed by atoms with E-state index < -0.39 is 29.4 Å². The summed E-state index contributed by atoms with van der Waals surface area (Å²) in [7, 11) is -8.11. The number of ether oxygens (including phenoxy) is 1. The molecule has 5 atom stereocenters. The van der Waals surface area contributed by atoms with E-state index in [1.807, 2.05) is 20.8 Å². The van der Waals surface area contributed by atoms with Gasteiger partial charge in [0.05, 0.1) is 29.6 Å². The first-order valence-electron chi connectivity index (χ1n) is 14.5. The Morgan fingerprint density at radius 1 is 1.12 bits per heavy atom. The standard InChI is InChI=1S/C27H50NO4Si.CHF3O3S/c1-19-18-22(29)27(14-11-16-28-15-10-12-21(27)28)20(13-17-31-24(30)25(2,3)4)23(19)32-33(8,9)26(5,6)7;2-1(3,4)8(5,6)7/h19-20,22-23,29H,10-18H2,1-9H3;(H,5,6,7)/q+1;/p-1/t19-,20+,22-,23-,27+;/m0./s1. The number of alkyl halides is 3. The molecule has 1 fully saturated rings. The van der Waals surface area contributed by atoms with E-state index in [0.717, 1.165) is 45.2 Å². The molecule has 1 saturated carbocycles. The Balaban J connectivity index is 0.000000642. The third kappa shape index (κ3) is 8.13. The normalized spacial score (nSPS) is 29.6. The average Bonchev–Trinajstić information content (AvgIpc) is 3.27. The van der Waals surface area contributed by atoms with Crippen LogP contribution >= 0.6 is 0 Å². The maximum atomic E-state index is 12.5. The number of aliphatic hydroxyl groups is 1. The summed E-state index contributed by atoms with van der Waals surface area (Å²) in [5.41, 5.74) is -4.94. The summed E-state index contributed by atoms with van der Waals surface area (Å²) in [4.78, 5) is 12.5. The number of esters is 1. The van der Waals surface area contributed by atoms with Crippen molar-refractivity contribution in [3.05, 3.63) is 0 Å². The van der Waals surface area contributed by atoms with Crippen LogP contribution in [0, 0.1) is 22.7 Å². The van der Waals surface area contributed by atoms with Crippen molar-refractivity contribution in [1.29, 1.82) is 0 Å². The van der Waals surface area contributed by atoms with Gasteiger partial charge < -0.3 is 18.8 Å². The first-order chi connectivity index (χ1) is 18.4. The second-order valence-electron chi connectivity index (χ2n) is 14.4. The number of halogens is 3. The zero-order valence-electron chi connectivity index (χ0n) is 26.1. The van der Waals surface area contributed by atoms with Crippen LogP contribution in [0.1, 0.15) is 87.0 Å². The molecule has 8 nitrogen and oxygen atoms in total. The molecule has 41 heavy (non-hydrogen) atoms. The summed E-state index contributed by atoms with van der Waals surface area (Å²) in [6.07, 6.45) is 5.65. The van der Waals surface area contributed by atoms with Crippen LogP contribution in [0.2, 0.25) is 18.1 Å². The topological polar surface area (TPSA) is 116 Å². The molecule has 0 unspecified atom stereocenters. The fourth-order valence-electron chi connectivity index (χ4n) is 6.23. The molecule has 0 amide bonds. The van der Waals surface area contributed by atoms with Crippen LogP contribution in [0.15, 0.2) is 0 Å². The zero-order valence-corrected chi connectivity index (χ0v) is 27.9. The minimum Gasteiger partial charge on any atom is -0.741 e. The first-order valence-corrected chi connectivity index (χ1v) is 18.8. The molecule has 3 aliphatic rings. The van der Waals surface area contributed by atoms with Crippen molar-refractivity contribution in [2.75, 3.05) is 19.7 Å². The van der Waals surface area contributed by atoms with Gasteiger partial charge in [-0.2, -0.15) is 13.2 Å². The van der Waals surface area contributed by atoms with E-state index in [2.05, 4.69) is 45.4 Å². The van der Waals surface area contributed by atoms with Crippen LogP contribution in [0.25, 0.3) is 0 Å². The van der Waals surface area contributed by atoms with Crippen LogP contribution in [0.5, 0.6) is 0 Å². The van der Waals surface area contributed by atoms with Crippen molar-refractivity contribution in [2.24, 2.45) is 22.7 Å². The lowest BCUT2D eigenvalue weighted by Gasteiger charge is -2.55. The third-order valence-corrected chi connectivity index (χ3v) is 14.4. The molecular weight excluding hydrogens is 579 g/mol. The summed E-state index contributed by atoms with van der Waals surface area (Å²) >= 11 is 0. The summed E-state index contributed by atoms with van der Waals surface area (Å²) in [5.74, 6) is 0.288. The van der Waals surface area contributed by atoms with Crippen molar-refractivity contribution in [1.82, 2.24) is 0 Å². The Kier molecular flexibility index (Phi) is 11.1. The van der Waals surface area contributed by atoms with Gasteiger partial charge in [0.15, 0.2) is 24.1 Å². The van der Waals surface area contributed by atoms with Gasteiger partial charge in [-0.25, -0.2) is 13.0 Å². The van der Waals surface area contributed by atoms with Gasteiger partial charge in [-0.1, -0.05) is 27.7 Å². The molecule has 13 heteroatoms. The third-order valence-electron chi connectivity index (χ3n) is 9.38. The number of rotatable bonds is 5. The Hall–Kier alpha value is -1.02. The summed E-state index contributed by atoms with van der Waals surface area (Å²) in [6, 6.07) is 0. The van der Waals surface area contributed by atoms with E-state index in [4.69, 9.17) is 22.1 Å². The number of hydrogen-bond acceptors (Lipinski definition) is 7. The molecule has 0 radical (unpaired) electrons. The maximum absolute atomic E-state index is 12.5. The number of fused-ring (bicyclic) bond motifs is 1. The fraction of sp³-hybridized carbons (Fsp3) is 0.929. The molecule has 0 saturated heterocycles. The highest BCUT2D eigenvalue weighted by atomic mass is 32.2. The van der Waals surface area contributed by atoms with Gasteiger partial charge in [0.2, 0.25) is 0 Å². The van der Waals surface area contributed by atoms with Gasteiger partial charge in [0.25, 0.3) is 0 Å². The smallest absolute Gasteiger partial charge is 0.485 e. The SMILES string of the molecule is C[C@H]1C[C@H](O)[C@]2(CCC[N+]3=C2CCC3)[C@H](CCOC(=O)C(C)(C)C)[C@H]1O[Si](C)(C)C(C)(C)C.O=S(=O)([O-])C(F)(F)F. The highest BCUT2D eigenvalue weighted by Gasteiger charge is 2.62. The van der Waals surface area contributed by atoms with E-state index in [1.54, 1.807) is 0 Å². The van der Waals surface area contributed by atoms with Crippen molar-refractivity contribution in [2.45, 2.75) is 123 Å². The second-order valence-corrected chi connectivity index (χ2v) is 20.6. The fourth-order valence-corrected chi connectivity index (χ4v) is 7.67. The molecule has 0 aromatic rings. The van der Waals surface area contributed by atoms with Gasteiger partial charge in [0, 0.05) is 25.2 Å². The van der Waals surface area contributed by atoms with Gasteiger partial charge in [-0.3, -0.25) is 4.79 Å². The molecule has 0 aromatic heterocycles. The number of aliphatic hydroxyl groups excluding tert-OH is 1. The number of nitrogens with zero attached hydrogens (tertiary/aromatic N) is 1. The molecule has 0 bridgehead atoms. The largest absolute Gasteiger partial charge is 0.741 e. The van der Waals surface area contributed by atoms with E-state index in [1.165, 1.54) is 12.1 Å². The quantitative estimate of drug-likeness (QED) is 0.141. The number of carbonyl (C=O) groups is 1. The van der Waals surface area contributed by atoms with Gasteiger partial charge in [-0.15, -0.1) is 0 Å². The van der Waals surface area contributed by atoms with E-state index in [0.29, 0.717) is 6.61 Å². The predicted octanol–water partition coefficient (Wildman–Crippen LogP) is 5.45. The van der Waals surface area contributed by atoms with Gasteiger partial charge >= 0.3 is 11.5 Å². The predicted molar refractivity (Wildman–Crippen MR) is 152 cm³/mol. The van der Waals surface area contributed by atoms with Crippen molar-refractivity contribution in [3.63, 3.8) is 0 Å². The molecule has 1 aliphatic carbocycles. The molecule has 240 valence electrons. The van der Waals surface area contributed by atoms with Crippen molar-refractivity contribution >= 4 is 30.1 Å². The lowest BCUT2D eigenvalue weighted by molar-refractivity contribution is -0.531. The minimum absolute atomic E-state index is 0.0793. The lowest BCUT2D eigenvalue weighted by atomic mass is 9.54. The van der Waals surface area contributed by atoms with Crippen LogP contribution < -0.4 is 0 Å². The average molecular weight is 630 g/mol.